The Kier molecular flexibility index (Phi) is 3.94. The zero-order valence-electron chi connectivity index (χ0n) is 11.7. The van der Waals surface area contributed by atoms with Crippen LogP contribution in [0.15, 0.2) is 22.7 Å². The fourth-order valence-corrected chi connectivity index (χ4v) is 4.42. The van der Waals surface area contributed by atoms with Gasteiger partial charge in [0.25, 0.3) is 5.91 Å². The first-order valence-electron chi connectivity index (χ1n) is 6.86. The van der Waals surface area contributed by atoms with Crippen molar-refractivity contribution < 1.29 is 9.53 Å². The van der Waals surface area contributed by atoms with Crippen molar-refractivity contribution in [2.45, 2.75) is 24.9 Å². The number of halogens is 1. The van der Waals surface area contributed by atoms with E-state index in [4.69, 9.17) is 10.5 Å². The van der Waals surface area contributed by atoms with Gasteiger partial charge in [0.15, 0.2) is 0 Å². The lowest BCUT2D eigenvalue weighted by Gasteiger charge is -2.40. The predicted octanol–water partition coefficient (Wildman–Crippen LogP) is 3.54. The molecule has 112 valence electrons. The van der Waals surface area contributed by atoms with E-state index in [0.29, 0.717) is 17.1 Å². The third kappa shape index (κ3) is 2.56. The van der Waals surface area contributed by atoms with Crippen molar-refractivity contribution in [3.05, 3.63) is 27.5 Å². The molecule has 1 fully saturated rings. The molecule has 0 radical (unpaired) electrons. The normalized spacial score (nSPS) is 16.7. The topological polar surface area (TPSA) is 64.3 Å². The lowest BCUT2D eigenvalue weighted by Crippen LogP contribution is -2.49. The van der Waals surface area contributed by atoms with Crippen LogP contribution in [0.2, 0.25) is 0 Å². The minimum absolute atomic E-state index is 0.121. The first-order chi connectivity index (χ1) is 10.1. The number of hydrogen-bond donors (Lipinski definition) is 2. The van der Waals surface area contributed by atoms with E-state index in [2.05, 4.69) is 21.2 Å². The second-order valence-electron chi connectivity index (χ2n) is 5.38. The van der Waals surface area contributed by atoms with Crippen molar-refractivity contribution in [1.29, 1.82) is 0 Å². The second kappa shape index (κ2) is 5.59. The Bertz CT molecular complexity index is 689. The van der Waals surface area contributed by atoms with Crippen molar-refractivity contribution in [2.75, 3.05) is 19.4 Å². The molecule has 4 nitrogen and oxygen atoms in total. The fraction of sp³-hybridized carbons (Fsp3) is 0.400. The Balaban J connectivity index is 1.82. The number of rotatable bonds is 4. The Morgan fingerprint density at radius 2 is 2.29 bits per heavy atom. The molecule has 0 spiro atoms. The summed E-state index contributed by atoms with van der Waals surface area (Å²) < 4.78 is 7.45. The van der Waals surface area contributed by atoms with Crippen LogP contribution in [0.3, 0.4) is 0 Å². The smallest absolute Gasteiger partial charge is 0.263 e. The first-order valence-corrected chi connectivity index (χ1v) is 8.47. The first kappa shape index (κ1) is 14.8. The van der Waals surface area contributed by atoms with Gasteiger partial charge in [-0.3, -0.25) is 4.79 Å². The van der Waals surface area contributed by atoms with Gasteiger partial charge in [-0.15, -0.1) is 11.3 Å². The molecule has 0 unspecified atom stereocenters. The van der Waals surface area contributed by atoms with E-state index >= 15 is 0 Å². The van der Waals surface area contributed by atoms with E-state index in [1.165, 1.54) is 11.3 Å². The minimum Gasteiger partial charge on any atom is -0.397 e. The largest absolute Gasteiger partial charge is 0.397 e. The molecular weight excluding hydrogens is 352 g/mol. The standard InChI is InChI=1S/C15H17BrN2O2S/c1-20-15(6-3-7-15)8-18-14(19)13-12(17)11-9(16)4-2-5-10(11)21-13/h2,4-5H,3,6-8,17H2,1H3,(H,18,19). The van der Waals surface area contributed by atoms with Crippen molar-refractivity contribution in [1.82, 2.24) is 5.32 Å². The number of nitrogen functional groups attached to an aromatic ring is 1. The molecule has 1 amide bonds. The molecule has 0 atom stereocenters. The van der Waals surface area contributed by atoms with Crippen molar-refractivity contribution in [3.63, 3.8) is 0 Å². The van der Waals surface area contributed by atoms with E-state index in [1.54, 1.807) is 7.11 Å². The van der Waals surface area contributed by atoms with Gasteiger partial charge in [-0.05, 0) is 31.4 Å². The lowest BCUT2D eigenvalue weighted by atomic mass is 9.80. The minimum atomic E-state index is -0.179. The average molecular weight is 369 g/mol. The molecule has 21 heavy (non-hydrogen) atoms. The van der Waals surface area contributed by atoms with Crippen molar-refractivity contribution >= 4 is 48.9 Å². The maximum atomic E-state index is 12.4. The summed E-state index contributed by atoms with van der Waals surface area (Å²) in [5, 5.41) is 3.88. The monoisotopic (exact) mass is 368 g/mol. The van der Waals surface area contributed by atoms with E-state index < -0.39 is 0 Å². The molecule has 0 bridgehead atoms. The molecule has 0 aliphatic heterocycles. The summed E-state index contributed by atoms with van der Waals surface area (Å²) in [5.41, 5.74) is 6.51. The van der Waals surface area contributed by atoms with Crippen LogP contribution in [-0.2, 0) is 4.74 Å². The number of hydrogen-bond acceptors (Lipinski definition) is 4. The number of fused-ring (bicyclic) bond motifs is 1. The van der Waals surface area contributed by atoms with Crippen LogP contribution in [0, 0.1) is 0 Å². The van der Waals surface area contributed by atoms with Crippen LogP contribution < -0.4 is 11.1 Å². The highest BCUT2D eigenvalue weighted by Crippen LogP contribution is 2.38. The van der Waals surface area contributed by atoms with Crippen molar-refractivity contribution in [3.8, 4) is 0 Å². The van der Waals surface area contributed by atoms with E-state index in [1.807, 2.05) is 18.2 Å². The molecule has 1 heterocycles. The Hall–Kier alpha value is -1.11. The maximum Gasteiger partial charge on any atom is 0.263 e. The van der Waals surface area contributed by atoms with Crippen LogP contribution in [0.4, 0.5) is 5.69 Å². The molecule has 3 rings (SSSR count). The molecule has 6 heteroatoms. The van der Waals surface area contributed by atoms with Gasteiger partial charge in [0.1, 0.15) is 4.88 Å². The molecule has 1 aromatic carbocycles. The highest BCUT2D eigenvalue weighted by molar-refractivity contribution is 9.10. The molecule has 1 aliphatic rings. The lowest BCUT2D eigenvalue weighted by molar-refractivity contribution is -0.0679. The summed E-state index contributed by atoms with van der Waals surface area (Å²) in [6.07, 6.45) is 3.15. The number of carbonyl (C=O) groups is 1. The van der Waals surface area contributed by atoms with Gasteiger partial charge in [0.05, 0.1) is 11.3 Å². The number of nitrogens with one attached hydrogen (secondary N) is 1. The van der Waals surface area contributed by atoms with Gasteiger partial charge in [0, 0.05) is 28.2 Å². The average Bonchev–Trinajstić information content (AvgIpc) is 2.76. The van der Waals surface area contributed by atoms with Crippen molar-refractivity contribution in [2.24, 2.45) is 0 Å². The summed E-state index contributed by atoms with van der Waals surface area (Å²) in [4.78, 5) is 13.0. The second-order valence-corrected chi connectivity index (χ2v) is 7.29. The van der Waals surface area contributed by atoms with E-state index in [0.717, 1.165) is 33.8 Å². The zero-order chi connectivity index (χ0) is 15.0. The van der Waals surface area contributed by atoms with E-state index in [-0.39, 0.29) is 11.5 Å². The summed E-state index contributed by atoms with van der Waals surface area (Å²) >= 11 is 4.91. The summed E-state index contributed by atoms with van der Waals surface area (Å²) in [6.45, 7) is 0.539. The molecule has 1 saturated carbocycles. The molecule has 3 N–H and O–H groups in total. The van der Waals surface area contributed by atoms with Gasteiger partial charge in [-0.2, -0.15) is 0 Å². The summed E-state index contributed by atoms with van der Waals surface area (Å²) in [7, 11) is 1.70. The number of thiophene rings is 1. The maximum absolute atomic E-state index is 12.4. The SMILES string of the molecule is COC1(CNC(=O)c2sc3cccc(Br)c3c2N)CCC1. The number of amides is 1. The number of nitrogens with two attached hydrogens (primary N) is 1. The van der Waals surface area contributed by atoms with Gasteiger partial charge < -0.3 is 15.8 Å². The Morgan fingerprint density at radius 3 is 2.86 bits per heavy atom. The zero-order valence-corrected chi connectivity index (χ0v) is 14.1. The van der Waals surface area contributed by atoms with E-state index in [9.17, 15) is 4.79 Å². The van der Waals surface area contributed by atoms with Crippen LogP contribution in [-0.4, -0.2) is 25.2 Å². The van der Waals surface area contributed by atoms with Crippen LogP contribution in [0.5, 0.6) is 0 Å². The summed E-state index contributed by atoms with van der Waals surface area (Å²) in [5.74, 6) is -0.121. The molecule has 2 aromatic rings. The van der Waals surface area contributed by atoms with Gasteiger partial charge in [-0.1, -0.05) is 22.0 Å². The molecular formula is C15H17BrN2O2S. The Morgan fingerprint density at radius 1 is 1.52 bits per heavy atom. The molecule has 1 aliphatic carbocycles. The molecule has 0 saturated heterocycles. The van der Waals surface area contributed by atoms with Gasteiger partial charge in [0.2, 0.25) is 0 Å². The number of methoxy groups -OCH3 is 1. The van der Waals surface area contributed by atoms with Gasteiger partial charge in [-0.25, -0.2) is 0 Å². The van der Waals surface area contributed by atoms with Crippen LogP contribution in [0.1, 0.15) is 28.9 Å². The fourth-order valence-electron chi connectivity index (χ4n) is 2.64. The van der Waals surface area contributed by atoms with Crippen LogP contribution in [0.25, 0.3) is 10.1 Å². The highest BCUT2D eigenvalue weighted by atomic mass is 79.9. The predicted molar refractivity (Wildman–Crippen MR) is 89.9 cm³/mol. The van der Waals surface area contributed by atoms with Gasteiger partial charge >= 0.3 is 0 Å². The van der Waals surface area contributed by atoms with Crippen LogP contribution >= 0.6 is 27.3 Å². The Labute approximate surface area is 135 Å². The quantitative estimate of drug-likeness (QED) is 0.867. The third-order valence-corrected chi connectivity index (χ3v) is 6.01. The number of ether oxygens (including phenoxy) is 1. The highest BCUT2D eigenvalue weighted by Gasteiger charge is 2.37. The third-order valence-electron chi connectivity index (χ3n) is 4.18. The summed E-state index contributed by atoms with van der Waals surface area (Å²) in [6, 6.07) is 5.85. The number of carbonyl (C=O) groups excluding carboxylic acids is 1. The number of anilines is 1. The number of benzene rings is 1. The molecule has 1 aromatic heterocycles.